The normalized spacial score (nSPS) is 13.5. The van der Waals surface area contributed by atoms with Crippen molar-refractivity contribution < 1.29 is 0 Å². The number of hydrogen-bond acceptors (Lipinski definition) is 6. The van der Waals surface area contributed by atoms with Gasteiger partial charge in [-0.1, -0.05) is 461 Å². The molecular weight excluding hydrogens is 1480 g/mol. The van der Waals surface area contributed by atoms with Crippen LogP contribution in [-0.2, 0) is 21.7 Å². The Morgan fingerprint density at radius 1 is 0.131 bits per heavy atom. The van der Waals surface area contributed by atoms with Crippen molar-refractivity contribution >= 4 is 10.8 Å². The summed E-state index contributed by atoms with van der Waals surface area (Å²) in [5, 5.41) is 2.18. The molecule has 6 heteroatoms. The van der Waals surface area contributed by atoms with Gasteiger partial charge in [-0.15, -0.1) is 0 Å². The molecule has 122 heavy (non-hydrogen) atoms. The predicted octanol–water partition coefficient (Wildman–Crippen LogP) is 27.3. The van der Waals surface area contributed by atoms with E-state index in [1.807, 2.05) is 72.8 Å². The number of hydrogen-bond donors (Lipinski definition) is 0. The van der Waals surface area contributed by atoms with Crippen LogP contribution >= 0.6 is 0 Å². The molecule has 0 spiro atoms. The number of aromatic nitrogens is 6. The van der Waals surface area contributed by atoms with E-state index < -0.39 is 21.7 Å². The monoisotopic (exact) mass is 1560 g/mol. The van der Waals surface area contributed by atoms with Gasteiger partial charge in [0.2, 0.25) is 0 Å². The lowest BCUT2D eigenvalue weighted by Gasteiger charge is -2.57. The summed E-state index contributed by atoms with van der Waals surface area (Å²) in [6.07, 6.45) is 0. The molecule has 2 aliphatic rings. The zero-order valence-corrected chi connectivity index (χ0v) is 66.9. The number of nitrogens with zero attached hydrogens (tertiary/aromatic N) is 6. The minimum atomic E-state index is -0.768. The van der Waals surface area contributed by atoms with Gasteiger partial charge in [0.15, 0.2) is 34.9 Å². The first kappa shape index (κ1) is 73.8. The molecule has 2 aliphatic carbocycles. The Labute approximate surface area is 711 Å². The fourth-order valence-electron chi connectivity index (χ4n) is 20.1. The van der Waals surface area contributed by atoms with Crippen LogP contribution in [0.5, 0.6) is 0 Å². The molecule has 0 atom stereocenters. The Hall–Kier alpha value is -15.8. The highest BCUT2D eigenvalue weighted by Crippen LogP contribution is 2.68. The van der Waals surface area contributed by atoms with Crippen LogP contribution in [0, 0.1) is 0 Å². The van der Waals surface area contributed by atoms with Crippen molar-refractivity contribution in [1.82, 2.24) is 29.9 Å². The van der Waals surface area contributed by atoms with E-state index in [0.29, 0.717) is 34.9 Å². The minimum absolute atomic E-state index is 0.624. The summed E-state index contributed by atoms with van der Waals surface area (Å²) in [5.74, 6) is 3.79. The number of fused-ring (bicyclic) bond motifs is 7. The summed E-state index contributed by atoms with van der Waals surface area (Å²) < 4.78 is 0. The summed E-state index contributed by atoms with van der Waals surface area (Å²) in [5.41, 5.74) is 24.3. The highest BCUT2D eigenvalue weighted by Gasteiger charge is 2.63. The van der Waals surface area contributed by atoms with Gasteiger partial charge in [0.25, 0.3) is 0 Å². The molecule has 2 aromatic heterocycles. The van der Waals surface area contributed by atoms with E-state index >= 15 is 0 Å². The van der Waals surface area contributed by atoms with Gasteiger partial charge in [-0.05, 0) is 135 Å². The number of rotatable bonds is 15. The molecule has 0 N–H and O–H groups in total. The molecule has 0 aliphatic heterocycles. The Balaban J connectivity index is 0.000000152. The van der Waals surface area contributed by atoms with Crippen LogP contribution < -0.4 is 0 Å². The van der Waals surface area contributed by atoms with Crippen molar-refractivity contribution in [2.45, 2.75) is 21.7 Å². The molecule has 2 heterocycles. The molecular formula is C116H80N6. The average Bonchev–Trinajstić information content (AvgIpc) is 0.659. The molecule has 0 fully saturated rings. The van der Waals surface area contributed by atoms with Gasteiger partial charge in [-0.25, -0.2) is 29.9 Å². The molecule has 0 saturated carbocycles. The summed E-state index contributed by atoms with van der Waals surface area (Å²) >= 11 is 0. The van der Waals surface area contributed by atoms with Crippen molar-refractivity contribution in [1.29, 1.82) is 0 Å². The van der Waals surface area contributed by atoms with Crippen LogP contribution in [0.2, 0.25) is 0 Å². The molecule has 6 nitrogen and oxygen atoms in total. The second-order valence-electron chi connectivity index (χ2n) is 31.4. The third kappa shape index (κ3) is 12.2. The van der Waals surface area contributed by atoms with Crippen molar-refractivity contribution in [3.8, 4) is 102 Å². The molecule has 0 unspecified atom stereocenters. The van der Waals surface area contributed by atoms with Gasteiger partial charge >= 0.3 is 0 Å². The van der Waals surface area contributed by atoms with Crippen LogP contribution in [0.1, 0.15) is 66.8 Å². The lowest BCUT2D eigenvalue weighted by atomic mass is 9.43. The van der Waals surface area contributed by atoms with Crippen LogP contribution in [0.25, 0.3) is 112 Å². The summed E-state index contributed by atoms with van der Waals surface area (Å²) in [6.45, 7) is 0. The smallest absolute Gasteiger partial charge is 0.164 e. The molecule has 20 aromatic rings. The summed E-state index contributed by atoms with van der Waals surface area (Å²) in [7, 11) is 0. The Kier molecular flexibility index (Phi) is 19.1. The van der Waals surface area contributed by atoms with E-state index in [0.717, 1.165) is 55.3 Å². The Morgan fingerprint density at radius 2 is 0.361 bits per heavy atom. The van der Waals surface area contributed by atoms with Crippen molar-refractivity contribution in [2.75, 3.05) is 0 Å². The minimum Gasteiger partial charge on any atom is -0.208 e. The first-order valence-corrected chi connectivity index (χ1v) is 41.7. The third-order valence-corrected chi connectivity index (χ3v) is 25.0. The molecule has 0 saturated heterocycles. The second kappa shape index (κ2) is 31.6. The van der Waals surface area contributed by atoms with Gasteiger partial charge in [0.1, 0.15) is 0 Å². The van der Waals surface area contributed by atoms with Crippen molar-refractivity contribution in [2.24, 2.45) is 0 Å². The van der Waals surface area contributed by atoms with E-state index in [9.17, 15) is 0 Å². The zero-order chi connectivity index (χ0) is 81.3. The lowest BCUT2D eigenvalue weighted by molar-refractivity contribution is 0.415. The van der Waals surface area contributed by atoms with E-state index in [4.69, 9.17) is 29.9 Å². The average molecular weight is 1560 g/mol. The predicted molar refractivity (Wildman–Crippen MR) is 497 cm³/mol. The fourth-order valence-corrected chi connectivity index (χ4v) is 20.1. The summed E-state index contributed by atoms with van der Waals surface area (Å²) in [4.78, 5) is 31.0. The lowest BCUT2D eigenvalue weighted by Crippen LogP contribution is -2.54. The van der Waals surface area contributed by atoms with Crippen molar-refractivity contribution in [3.05, 3.63) is 552 Å². The topological polar surface area (TPSA) is 77.3 Å². The highest BCUT2D eigenvalue weighted by atomic mass is 15.0. The fraction of sp³-hybridized carbons (Fsp3) is 0.0345. The maximum absolute atomic E-state index is 5.25. The van der Waals surface area contributed by atoms with Gasteiger partial charge in [0, 0.05) is 33.4 Å². The van der Waals surface area contributed by atoms with Crippen LogP contribution in [-0.4, -0.2) is 29.9 Å². The Bertz CT molecular complexity index is 6860. The van der Waals surface area contributed by atoms with Gasteiger partial charge in [-0.3, -0.25) is 0 Å². The summed E-state index contributed by atoms with van der Waals surface area (Å²) in [6, 6.07) is 175. The van der Waals surface area contributed by atoms with Crippen molar-refractivity contribution in [3.63, 3.8) is 0 Å². The first-order chi connectivity index (χ1) is 60.5. The van der Waals surface area contributed by atoms with E-state index in [1.54, 1.807) is 0 Å². The maximum Gasteiger partial charge on any atom is 0.164 e. The number of benzene rings is 18. The first-order valence-electron chi connectivity index (χ1n) is 41.7. The molecule has 0 bridgehead atoms. The van der Waals surface area contributed by atoms with Crippen LogP contribution in [0.4, 0.5) is 0 Å². The largest absolute Gasteiger partial charge is 0.208 e. The maximum atomic E-state index is 5.25. The van der Waals surface area contributed by atoms with Gasteiger partial charge < -0.3 is 0 Å². The quantitative estimate of drug-likeness (QED) is 0.102. The SMILES string of the molecule is c1ccc(-c2nc(-c3ccccc3)nc(-c3cc(-c4ccc5c(c4)C(c4ccccc4)(c4ccccc4)C(c4ccccc4)(c4ccccc4)c4ccccc4-5)cc4ccccc34)n2)cc1.c1ccc(-c2nc(-c3ccccc3)nc(-c3ccc4c(c3)C(c3ccccc3)(c3ccccc3)C(c3ccccc3)(c3ccccc3)c3ccccc3-4)n2)cc1. The standard InChI is InChI=1S/C63H43N3.C53H37N3/c1-7-23-44(24-8-1)59-64-60(45-25-9-2-10-26-45)66-61(65-59)56-42-48(41-47-27-19-20-36-53(47)56)46-39-40-55-54-37-21-22-38-57(54)62(49-28-11-3-12-29-49,50-30-13-4-14-31-50)63(58(55)43-46,51-32-15-5-16-33-51)52-34-17-6-18-35-52;1-7-21-38(22-8-1)49-54-50(39-23-9-2-10-24-39)56-51(55-49)40-35-36-46-45-33-19-20-34-47(45)52(41-25-11-3-12-26-41,42-27-13-4-14-28-42)53(48(46)37-40,43-29-15-5-16-30-43)44-31-17-6-18-32-44/h1-43H;1-37H. The Morgan fingerprint density at radius 3 is 0.680 bits per heavy atom. The third-order valence-electron chi connectivity index (χ3n) is 25.0. The highest BCUT2D eigenvalue weighted by molar-refractivity contribution is 6.00. The van der Waals surface area contributed by atoms with Gasteiger partial charge in [0.05, 0.1) is 21.7 Å². The van der Waals surface area contributed by atoms with E-state index in [1.165, 1.54) is 89.0 Å². The molecule has 0 amide bonds. The van der Waals surface area contributed by atoms with E-state index in [2.05, 4.69) is 413 Å². The van der Waals surface area contributed by atoms with Crippen LogP contribution in [0.3, 0.4) is 0 Å². The van der Waals surface area contributed by atoms with Crippen LogP contribution in [0.15, 0.2) is 485 Å². The second-order valence-corrected chi connectivity index (χ2v) is 31.4. The van der Waals surface area contributed by atoms with Gasteiger partial charge in [-0.2, -0.15) is 0 Å². The zero-order valence-electron chi connectivity index (χ0n) is 66.9. The molecule has 0 radical (unpaired) electrons. The molecule has 18 aromatic carbocycles. The molecule has 574 valence electrons. The molecule has 22 rings (SSSR count). The van der Waals surface area contributed by atoms with E-state index in [-0.39, 0.29) is 0 Å².